The lowest BCUT2D eigenvalue weighted by Crippen LogP contribution is -2.42. The topological polar surface area (TPSA) is 28.2 Å². The first-order valence-electron chi connectivity index (χ1n) is 7.30. The van der Waals surface area contributed by atoms with E-state index in [0.717, 1.165) is 5.69 Å². The van der Waals surface area contributed by atoms with Gasteiger partial charge in [-0.25, -0.2) is 4.98 Å². The van der Waals surface area contributed by atoms with E-state index >= 15 is 0 Å². The lowest BCUT2D eigenvalue weighted by atomic mass is 9.91. The monoisotopic (exact) mass is 281 g/mol. The van der Waals surface area contributed by atoms with Gasteiger partial charge in [-0.2, -0.15) is 0 Å². The number of aromatic nitrogens is 1. The van der Waals surface area contributed by atoms with Crippen molar-refractivity contribution in [2.24, 2.45) is 5.92 Å². The van der Waals surface area contributed by atoms with E-state index in [0.29, 0.717) is 17.1 Å². The van der Waals surface area contributed by atoms with Crippen LogP contribution in [0.15, 0.2) is 18.3 Å². The Bertz CT molecular complexity index is 395. The number of piperidine rings is 1. The van der Waals surface area contributed by atoms with Gasteiger partial charge < -0.3 is 10.2 Å². The van der Waals surface area contributed by atoms with Crippen molar-refractivity contribution >= 4 is 17.3 Å². The van der Waals surface area contributed by atoms with E-state index in [1.54, 1.807) is 6.20 Å². The molecule has 0 aromatic carbocycles. The van der Waals surface area contributed by atoms with Crippen molar-refractivity contribution in [3.05, 3.63) is 23.5 Å². The summed E-state index contributed by atoms with van der Waals surface area (Å²) in [6.45, 7) is 8.17. The van der Waals surface area contributed by atoms with Crippen molar-refractivity contribution in [3.8, 4) is 0 Å². The number of anilines is 1. The average molecular weight is 282 g/mol. The third kappa shape index (κ3) is 4.08. The van der Waals surface area contributed by atoms with E-state index in [1.165, 1.54) is 38.9 Å². The van der Waals surface area contributed by atoms with E-state index < -0.39 is 0 Å². The van der Waals surface area contributed by atoms with Crippen LogP contribution in [0.1, 0.15) is 33.1 Å². The number of hydrogen-bond donors (Lipinski definition) is 1. The molecule has 1 aliphatic heterocycles. The summed E-state index contributed by atoms with van der Waals surface area (Å²) in [4.78, 5) is 6.69. The van der Waals surface area contributed by atoms with Crippen molar-refractivity contribution in [1.29, 1.82) is 0 Å². The van der Waals surface area contributed by atoms with Gasteiger partial charge in [-0.05, 0) is 57.3 Å². The number of nitrogens with zero attached hydrogens (tertiary/aromatic N) is 2. The smallest absolute Gasteiger partial charge is 0.152 e. The summed E-state index contributed by atoms with van der Waals surface area (Å²) in [6.07, 6.45) is 5.56. The Morgan fingerprint density at radius 3 is 3.16 bits per heavy atom. The molecule has 1 aliphatic rings. The molecule has 106 valence electrons. The number of hydrogen-bond acceptors (Lipinski definition) is 3. The molecule has 1 aromatic rings. The summed E-state index contributed by atoms with van der Waals surface area (Å²) >= 11 is 6.10. The van der Waals surface area contributed by atoms with Crippen LogP contribution >= 0.6 is 11.6 Å². The van der Waals surface area contributed by atoms with Gasteiger partial charge in [0.25, 0.3) is 0 Å². The van der Waals surface area contributed by atoms with Crippen molar-refractivity contribution in [3.63, 3.8) is 0 Å². The molecular weight excluding hydrogens is 258 g/mol. The Balaban J connectivity index is 1.92. The SMILES string of the molecule is CCCN1CCCC(C(C)Nc2cccnc2Cl)C1. The minimum atomic E-state index is 0.432. The van der Waals surface area contributed by atoms with Gasteiger partial charge in [0.15, 0.2) is 5.15 Å². The lowest BCUT2D eigenvalue weighted by molar-refractivity contribution is 0.165. The number of nitrogens with one attached hydrogen (secondary N) is 1. The van der Waals surface area contributed by atoms with Crippen LogP contribution in [-0.4, -0.2) is 35.6 Å². The predicted octanol–water partition coefficient (Wildman–Crippen LogP) is 3.66. The molecule has 2 unspecified atom stereocenters. The van der Waals surface area contributed by atoms with E-state index in [9.17, 15) is 0 Å². The van der Waals surface area contributed by atoms with Gasteiger partial charge in [-0.3, -0.25) is 0 Å². The number of pyridine rings is 1. The molecule has 2 heterocycles. The van der Waals surface area contributed by atoms with Gasteiger partial charge in [-0.1, -0.05) is 18.5 Å². The minimum absolute atomic E-state index is 0.432. The van der Waals surface area contributed by atoms with E-state index in [2.05, 4.69) is 29.0 Å². The zero-order chi connectivity index (χ0) is 13.7. The molecule has 3 nitrogen and oxygen atoms in total. The fourth-order valence-electron chi connectivity index (χ4n) is 2.88. The molecule has 0 spiro atoms. The Labute approximate surface area is 121 Å². The van der Waals surface area contributed by atoms with Crippen molar-refractivity contribution in [1.82, 2.24) is 9.88 Å². The van der Waals surface area contributed by atoms with Crippen LogP contribution in [0.5, 0.6) is 0 Å². The first-order valence-corrected chi connectivity index (χ1v) is 7.68. The molecule has 19 heavy (non-hydrogen) atoms. The van der Waals surface area contributed by atoms with Gasteiger partial charge in [0.05, 0.1) is 5.69 Å². The van der Waals surface area contributed by atoms with Gasteiger partial charge in [0, 0.05) is 18.8 Å². The van der Waals surface area contributed by atoms with Crippen LogP contribution in [0.3, 0.4) is 0 Å². The summed E-state index contributed by atoms with van der Waals surface area (Å²) < 4.78 is 0. The first-order chi connectivity index (χ1) is 9.20. The summed E-state index contributed by atoms with van der Waals surface area (Å²) in [6, 6.07) is 4.35. The molecule has 2 rings (SSSR count). The van der Waals surface area contributed by atoms with Gasteiger partial charge in [0.2, 0.25) is 0 Å². The Morgan fingerprint density at radius 1 is 1.58 bits per heavy atom. The molecule has 4 heteroatoms. The third-order valence-corrected chi connectivity index (χ3v) is 4.23. The van der Waals surface area contributed by atoms with Gasteiger partial charge in [0.1, 0.15) is 0 Å². The van der Waals surface area contributed by atoms with Crippen LogP contribution in [0.25, 0.3) is 0 Å². The maximum absolute atomic E-state index is 6.10. The highest BCUT2D eigenvalue weighted by Gasteiger charge is 2.24. The summed E-state index contributed by atoms with van der Waals surface area (Å²) in [5.41, 5.74) is 0.948. The zero-order valence-corrected chi connectivity index (χ0v) is 12.7. The van der Waals surface area contributed by atoms with Crippen molar-refractivity contribution < 1.29 is 0 Å². The van der Waals surface area contributed by atoms with Crippen LogP contribution < -0.4 is 5.32 Å². The molecule has 0 aliphatic carbocycles. The summed E-state index contributed by atoms with van der Waals surface area (Å²) in [5, 5.41) is 4.09. The number of halogens is 1. The second kappa shape index (κ2) is 7.11. The van der Waals surface area contributed by atoms with Crippen LogP contribution in [0.2, 0.25) is 5.15 Å². The second-order valence-electron chi connectivity index (χ2n) is 5.48. The minimum Gasteiger partial charge on any atom is -0.380 e. The highest BCUT2D eigenvalue weighted by Crippen LogP contribution is 2.25. The Hall–Kier alpha value is -0.800. The first kappa shape index (κ1) is 14.6. The van der Waals surface area contributed by atoms with Crippen LogP contribution in [0.4, 0.5) is 5.69 Å². The molecule has 0 amide bonds. The largest absolute Gasteiger partial charge is 0.380 e. The maximum atomic E-state index is 6.10. The number of rotatable bonds is 5. The van der Waals surface area contributed by atoms with Gasteiger partial charge >= 0.3 is 0 Å². The summed E-state index contributed by atoms with van der Waals surface area (Å²) in [5.74, 6) is 0.691. The molecule has 0 radical (unpaired) electrons. The van der Waals surface area contributed by atoms with E-state index in [1.807, 2.05) is 12.1 Å². The molecule has 1 aromatic heterocycles. The lowest BCUT2D eigenvalue weighted by Gasteiger charge is -2.36. The normalized spacial score (nSPS) is 22.2. The average Bonchev–Trinajstić information content (AvgIpc) is 2.42. The van der Waals surface area contributed by atoms with Crippen LogP contribution in [0, 0.1) is 5.92 Å². The van der Waals surface area contributed by atoms with E-state index in [4.69, 9.17) is 11.6 Å². The number of likely N-dealkylation sites (tertiary alicyclic amines) is 1. The van der Waals surface area contributed by atoms with Crippen molar-refractivity contribution in [2.75, 3.05) is 25.0 Å². The molecule has 2 atom stereocenters. The van der Waals surface area contributed by atoms with Gasteiger partial charge in [-0.15, -0.1) is 0 Å². The van der Waals surface area contributed by atoms with E-state index in [-0.39, 0.29) is 0 Å². The highest BCUT2D eigenvalue weighted by molar-refractivity contribution is 6.31. The Kier molecular flexibility index (Phi) is 5.46. The third-order valence-electron chi connectivity index (χ3n) is 3.93. The quantitative estimate of drug-likeness (QED) is 0.835. The second-order valence-corrected chi connectivity index (χ2v) is 5.84. The molecule has 0 bridgehead atoms. The fraction of sp³-hybridized carbons (Fsp3) is 0.667. The highest BCUT2D eigenvalue weighted by atomic mass is 35.5. The molecule has 1 saturated heterocycles. The zero-order valence-electron chi connectivity index (χ0n) is 11.9. The summed E-state index contributed by atoms with van der Waals surface area (Å²) in [7, 11) is 0. The molecular formula is C15H24ClN3. The molecule has 1 fully saturated rings. The standard InChI is InChI=1S/C15H24ClN3/c1-3-9-19-10-5-6-13(11-19)12(2)18-14-7-4-8-17-15(14)16/h4,7-8,12-13,18H,3,5-6,9-11H2,1-2H3. The molecule has 0 saturated carbocycles. The van der Waals surface area contributed by atoms with Crippen molar-refractivity contribution in [2.45, 2.75) is 39.2 Å². The molecule has 1 N–H and O–H groups in total. The fourth-order valence-corrected chi connectivity index (χ4v) is 3.05. The van der Waals surface area contributed by atoms with Crippen LogP contribution in [-0.2, 0) is 0 Å². The predicted molar refractivity (Wildman–Crippen MR) is 81.8 cm³/mol. The maximum Gasteiger partial charge on any atom is 0.152 e. The Morgan fingerprint density at radius 2 is 2.42 bits per heavy atom.